The Morgan fingerprint density at radius 2 is 1.90 bits per heavy atom. The number of amides is 1. The van der Waals surface area contributed by atoms with Gasteiger partial charge in [-0.2, -0.15) is 0 Å². The lowest BCUT2D eigenvalue weighted by molar-refractivity contribution is 0.0506. The van der Waals surface area contributed by atoms with Crippen molar-refractivity contribution < 1.29 is 9.53 Å². The van der Waals surface area contributed by atoms with E-state index < -0.39 is 5.60 Å². The molecule has 4 nitrogen and oxygen atoms in total. The average molecular weight is 298 g/mol. The molecule has 0 bridgehead atoms. The molecule has 4 atom stereocenters. The Morgan fingerprint density at radius 1 is 1.24 bits per heavy atom. The fourth-order valence-electron chi connectivity index (χ4n) is 2.82. The van der Waals surface area contributed by atoms with Crippen molar-refractivity contribution in [3.8, 4) is 0 Å². The summed E-state index contributed by atoms with van der Waals surface area (Å²) < 4.78 is 5.26. The van der Waals surface area contributed by atoms with E-state index in [2.05, 4.69) is 24.5 Å². The van der Waals surface area contributed by atoms with E-state index in [-0.39, 0.29) is 12.1 Å². The van der Waals surface area contributed by atoms with Crippen LogP contribution < -0.4 is 10.6 Å². The van der Waals surface area contributed by atoms with Crippen LogP contribution >= 0.6 is 0 Å². The summed E-state index contributed by atoms with van der Waals surface area (Å²) >= 11 is 0. The molecule has 0 radical (unpaired) electrons. The number of rotatable bonds is 5. The minimum absolute atomic E-state index is 0.132. The molecule has 4 unspecified atom stereocenters. The maximum absolute atomic E-state index is 11.7. The summed E-state index contributed by atoms with van der Waals surface area (Å²) in [6.45, 7) is 13.3. The van der Waals surface area contributed by atoms with E-state index in [0.717, 1.165) is 24.8 Å². The van der Waals surface area contributed by atoms with Gasteiger partial charge in [0.1, 0.15) is 5.60 Å². The van der Waals surface area contributed by atoms with E-state index in [4.69, 9.17) is 4.74 Å². The second kappa shape index (κ2) is 8.02. The molecule has 0 heterocycles. The van der Waals surface area contributed by atoms with Crippen LogP contribution in [0.1, 0.15) is 67.2 Å². The van der Waals surface area contributed by atoms with Crippen LogP contribution in [-0.4, -0.2) is 30.3 Å². The Labute approximate surface area is 130 Å². The summed E-state index contributed by atoms with van der Waals surface area (Å²) in [5.41, 5.74) is -0.434. The highest BCUT2D eigenvalue weighted by Crippen LogP contribution is 2.29. The molecule has 1 aliphatic carbocycles. The molecule has 1 saturated carbocycles. The fraction of sp³-hybridized carbons (Fsp3) is 0.941. The van der Waals surface area contributed by atoms with E-state index in [1.165, 1.54) is 19.3 Å². The Morgan fingerprint density at radius 3 is 2.48 bits per heavy atom. The quantitative estimate of drug-likeness (QED) is 0.813. The zero-order chi connectivity index (χ0) is 16.0. The molecule has 1 rings (SSSR count). The summed E-state index contributed by atoms with van der Waals surface area (Å²) in [5, 5.41) is 6.52. The van der Waals surface area contributed by atoms with Crippen LogP contribution in [-0.2, 0) is 4.74 Å². The SMILES string of the molecule is CC(CCNC1CCC(C)C(C)C1)NC(=O)OC(C)(C)C. The van der Waals surface area contributed by atoms with Crippen molar-refractivity contribution in [1.82, 2.24) is 10.6 Å². The summed E-state index contributed by atoms with van der Waals surface area (Å²) in [6.07, 6.45) is 4.48. The van der Waals surface area contributed by atoms with Gasteiger partial charge in [0.2, 0.25) is 0 Å². The summed E-state index contributed by atoms with van der Waals surface area (Å²) in [7, 11) is 0. The Kier molecular flexibility index (Phi) is 6.98. The number of carbonyl (C=O) groups is 1. The van der Waals surface area contributed by atoms with Gasteiger partial charge in [-0.05, 0) is 71.8 Å². The van der Waals surface area contributed by atoms with Crippen molar-refractivity contribution in [2.75, 3.05) is 6.54 Å². The van der Waals surface area contributed by atoms with E-state index in [9.17, 15) is 4.79 Å². The molecule has 0 aromatic carbocycles. The first-order valence-corrected chi connectivity index (χ1v) is 8.40. The zero-order valence-electron chi connectivity index (χ0n) is 14.7. The molecule has 0 spiro atoms. The van der Waals surface area contributed by atoms with Crippen LogP contribution in [0, 0.1) is 11.8 Å². The van der Waals surface area contributed by atoms with Gasteiger partial charge in [0.25, 0.3) is 0 Å². The maximum atomic E-state index is 11.7. The van der Waals surface area contributed by atoms with Crippen LogP contribution in [0.4, 0.5) is 4.79 Å². The van der Waals surface area contributed by atoms with Crippen molar-refractivity contribution in [3.05, 3.63) is 0 Å². The number of hydrogen-bond acceptors (Lipinski definition) is 3. The molecular formula is C17H34N2O2. The van der Waals surface area contributed by atoms with Crippen LogP contribution in [0.15, 0.2) is 0 Å². The maximum Gasteiger partial charge on any atom is 0.407 e. The summed E-state index contributed by atoms with van der Waals surface area (Å²) in [6, 6.07) is 0.775. The lowest BCUT2D eigenvalue weighted by atomic mass is 9.79. The molecule has 2 N–H and O–H groups in total. The first-order valence-electron chi connectivity index (χ1n) is 8.40. The molecule has 1 fully saturated rings. The van der Waals surface area contributed by atoms with Crippen molar-refractivity contribution >= 4 is 6.09 Å². The minimum atomic E-state index is -0.434. The third-order valence-corrected chi connectivity index (χ3v) is 4.37. The van der Waals surface area contributed by atoms with Crippen LogP contribution in [0.5, 0.6) is 0 Å². The van der Waals surface area contributed by atoms with Gasteiger partial charge in [-0.25, -0.2) is 4.79 Å². The molecule has 21 heavy (non-hydrogen) atoms. The highest BCUT2D eigenvalue weighted by atomic mass is 16.6. The second-order valence-electron chi connectivity index (χ2n) is 7.75. The lowest BCUT2D eigenvalue weighted by Gasteiger charge is -2.33. The highest BCUT2D eigenvalue weighted by molar-refractivity contribution is 5.67. The molecule has 124 valence electrons. The number of nitrogens with one attached hydrogen (secondary N) is 2. The third-order valence-electron chi connectivity index (χ3n) is 4.37. The van der Waals surface area contributed by atoms with Gasteiger partial charge < -0.3 is 15.4 Å². The summed E-state index contributed by atoms with van der Waals surface area (Å²) in [5.74, 6) is 1.67. The third kappa shape index (κ3) is 7.70. The topological polar surface area (TPSA) is 50.4 Å². The smallest absolute Gasteiger partial charge is 0.407 e. The van der Waals surface area contributed by atoms with E-state index in [1.54, 1.807) is 0 Å². The highest BCUT2D eigenvalue weighted by Gasteiger charge is 2.24. The molecule has 1 amide bonds. The summed E-state index contributed by atoms with van der Waals surface area (Å²) in [4.78, 5) is 11.7. The monoisotopic (exact) mass is 298 g/mol. The molecule has 0 aromatic rings. The largest absolute Gasteiger partial charge is 0.444 e. The standard InChI is InChI=1S/C17H34N2O2/c1-12-7-8-15(11-13(12)2)18-10-9-14(3)19-16(20)21-17(4,5)6/h12-15,18H,7-11H2,1-6H3,(H,19,20). The lowest BCUT2D eigenvalue weighted by Crippen LogP contribution is -2.41. The van der Waals surface area contributed by atoms with Crippen molar-refractivity contribution in [2.24, 2.45) is 11.8 Å². The number of ether oxygens (including phenoxy) is 1. The number of alkyl carbamates (subject to hydrolysis) is 1. The van der Waals surface area contributed by atoms with Gasteiger partial charge in [0.05, 0.1) is 0 Å². The Balaban J connectivity index is 2.16. The molecule has 4 heteroatoms. The number of carbonyl (C=O) groups excluding carboxylic acids is 1. The molecule has 0 saturated heterocycles. The van der Waals surface area contributed by atoms with Gasteiger partial charge >= 0.3 is 6.09 Å². The fourth-order valence-corrected chi connectivity index (χ4v) is 2.82. The predicted molar refractivity (Wildman–Crippen MR) is 87.4 cm³/mol. The van der Waals surface area contributed by atoms with E-state index in [1.807, 2.05) is 27.7 Å². The van der Waals surface area contributed by atoms with Crippen LogP contribution in [0.25, 0.3) is 0 Å². The van der Waals surface area contributed by atoms with Crippen molar-refractivity contribution in [1.29, 1.82) is 0 Å². The van der Waals surface area contributed by atoms with Gasteiger partial charge in [0.15, 0.2) is 0 Å². The number of hydrogen-bond donors (Lipinski definition) is 2. The first-order chi connectivity index (χ1) is 9.67. The minimum Gasteiger partial charge on any atom is -0.444 e. The second-order valence-corrected chi connectivity index (χ2v) is 7.75. The molecular weight excluding hydrogens is 264 g/mol. The first kappa shape index (κ1) is 18.3. The van der Waals surface area contributed by atoms with Gasteiger partial charge in [0, 0.05) is 12.1 Å². The van der Waals surface area contributed by atoms with Crippen molar-refractivity contribution in [2.45, 2.75) is 84.9 Å². The Hall–Kier alpha value is -0.770. The normalized spacial score (nSPS) is 28.0. The average Bonchev–Trinajstić information content (AvgIpc) is 2.31. The van der Waals surface area contributed by atoms with E-state index in [0.29, 0.717) is 6.04 Å². The van der Waals surface area contributed by atoms with Crippen LogP contribution in [0.2, 0.25) is 0 Å². The zero-order valence-corrected chi connectivity index (χ0v) is 14.7. The molecule has 0 aliphatic heterocycles. The molecule has 0 aromatic heterocycles. The van der Waals surface area contributed by atoms with Crippen molar-refractivity contribution in [3.63, 3.8) is 0 Å². The molecule has 1 aliphatic rings. The predicted octanol–water partition coefficient (Wildman–Crippen LogP) is 3.70. The van der Waals surface area contributed by atoms with E-state index >= 15 is 0 Å². The van der Waals surface area contributed by atoms with Gasteiger partial charge in [-0.15, -0.1) is 0 Å². The van der Waals surface area contributed by atoms with Gasteiger partial charge in [-0.3, -0.25) is 0 Å². The Bertz CT molecular complexity index is 325. The van der Waals surface area contributed by atoms with Crippen LogP contribution in [0.3, 0.4) is 0 Å². The van der Waals surface area contributed by atoms with Gasteiger partial charge in [-0.1, -0.05) is 13.8 Å².